The Morgan fingerprint density at radius 1 is 1.00 bits per heavy atom. The lowest BCUT2D eigenvalue weighted by atomic mass is 10.2. The van der Waals surface area contributed by atoms with E-state index in [-0.39, 0.29) is 12.4 Å². The van der Waals surface area contributed by atoms with Crippen molar-refractivity contribution in [1.82, 2.24) is 9.47 Å². The summed E-state index contributed by atoms with van der Waals surface area (Å²) in [6.07, 6.45) is 2.11. The number of rotatable bonds is 4. The van der Waals surface area contributed by atoms with Crippen molar-refractivity contribution in [2.24, 2.45) is 0 Å². The largest absolute Gasteiger partial charge is 0.395 e. The molecule has 6 heteroatoms. The standard InChI is InChI=1S/C20H21ClFN3O/c21-15-1-6-18-19(13-15)25(17-4-2-16(22)3-5-17)14-20(18)24-9-7-23(8-10-24)11-12-26/h1-6,13-14,26H,7-12H2. The summed E-state index contributed by atoms with van der Waals surface area (Å²) in [6.45, 7) is 4.59. The molecule has 1 saturated heterocycles. The zero-order valence-electron chi connectivity index (χ0n) is 14.4. The number of aliphatic hydroxyl groups excluding tert-OH is 1. The van der Waals surface area contributed by atoms with E-state index >= 15 is 0 Å². The Kier molecular flexibility index (Phi) is 4.85. The van der Waals surface area contributed by atoms with Crippen molar-refractivity contribution in [2.45, 2.75) is 0 Å². The van der Waals surface area contributed by atoms with Crippen molar-refractivity contribution in [1.29, 1.82) is 0 Å². The van der Waals surface area contributed by atoms with Crippen LogP contribution < -0.4 is 4.90 Å². The van der Waals surface area contributed by atoms with Gasteiger partial charge >= 0.3 is 0 Å². The lowest BCUT2D eigenvalue weighted by Crippen LogP contribution is -2.47. The summed E-state index contributed by atoms with van der Waals surface area (Å²) in [6, 6.07) is 12.4. The van der Waals surface area contributed by atoms with E-state index in [0.29, 0.717) is 5.02 Å². The molecule has 1 fully saturated rings. The zero-order chi connectivity index (χ0) is 18.1. The van der Waals surface area contributed by atoms with Crippen LogP contribution in [0.5, 0.6) is 0 Å². The molecule has 0 amide bonds. The van der Waals surface area contributed by atoms with Crippen LogP contribution in [0, 0.1) is 5.82 Å². The molecular formula is C20H21ClFN3O. The maximum Gasteiger partial charge on any atom is 0.123 e. The van der Waals surface area contributed by atoms with E-state index in [1.165, 1.54) is 12.1 Å². The number of nitrogens with zero attached hydrogens (tertiary/aromatic N) is 3. The smallest absolute Gasteiger partial charge is 0.123 e. The highest BCUT2D eigenvalue weighted by Crippen LogP contribution is 2.33. The molecule has 1 aliphatic rings. The predicted octanol–water partition coefficient (Wildman–Crippen LogP) is 3.54. The lowest BCUT2D eigenvalue weighted by Gasteiger charge is -2.35. The molecule has 4 rings (SSSR count). The number of aliphatic hydroxyl groups is 1. The number of β-amino-alcohol motifs (C(OH)–C–C–N with tert-alkyl or cyclic N) is 1. The third kappa shape index (κ3) is 3.30. The van der Waals surface area contributed by atoms with Gasteiger partial charge in [0.15, 0.2) is 0 Å². The molecule has 0 saturated carbocycles. The minimum atomic E-state index is -0.247. The maximum absolute atomic E-state index is 13.3. The molecule has 0 atom stereocenters. The Bertz CT molecular complexity index is 901. The van der Waals surface area contributed by atoms with Gasteiger partial charge in [-0.1, -0.05) is 11.6 Å². The molecule has 0 aliphatic carbocycles. The van der Waals surface area contributed by atoms with Crippen LogP contribution >= 0.6 is 11.6 Å². The second kappa shape index (κ2) is 7.27. The van der Waals surface area contributed by atoms with Gasteiger partial charge in [-0.25, -0.2) is 4.39 Å². The summed E-state index contributed by atoms with van der Waals surface area (Å²) < 4.78 is 15.4. The third-order valence-electron chi connectivity index (χ3n) is 4.98. The molecule has 0 unspecified atom stereocenters. The van der Waals surface area contributed by atoms with E-state index in [0.717, 1.165) is 55.0 Å². The lowest BCUT2D eigenvalue weighted by molar-refractivity contribution is 0.189. The van der Waals surface area contributed by atoms with Crippen LogP contribution in [0.1, 0.15) is 0 Å². The van der Waals surface area contributed by atoms with E-state index < -0.39 is 0 Å². The molecule has 1 aromatic heterocycles. The molecule has 0 spiro atoms. The van der Waals surface area contributed by atoms with E-state index in [2.05, 4.69) is 20.6 Å². The Balaban J connectivity index is 1.73. The Hall–Kier alpha value is -2.08. The predicted molar refractivity (Wildman–Crippen MR) is 104 cm³/mol. The van der Waals surface area contributed by atoms with Gasteiger partial charge in [0.1, 0.15) is 5.82 Å². The van der Waals surface area contributed by atoms with Gasteiger partial charge in [0.2, 0.25) is 0 Å². The molecule has 4 nitrogen and oxygen atoms in total. The first-order valence-corrected chi connectivity index (χ1v) is 9.18. The summed E-state index contributed by atoms with van der Waals surface area (Å²) in [5.74, 6) is -0.247. The van der Waals surface area contributed by atoms with Crippen molar-refractivity contribution < 1.29 is 9.50 Å². The number of hydrogen-bond acceptors (Lipinski definition) is 3. The fourth-order valence-electron chi connectivity index (χ4n) is 3.60. The van der Waals surface area contributed by atoms with Crippen LogP contribution in [0.25, 0.3) is 16.6 Å². The topological polar surface area (TPSA) is 31.6 Å². The number of benzene rings is 2. The monoisotopic (exact) mass is 373 g/mol. The first-order chi connectivity index (χ1) is 12.7. The van der Waals surface area contributed by atoms with Crippen molar-refractivity contribution in [2.75, 3.05) is 44.2 Å². The van der Waals surface area contributed by atoms with Crippen LogP contribution in [-0.2, 0) is 0 Å². The first-order valence-electron chi connectivity index (χ1n) is 8.80. The average molecular weight is 374 g/mol. The average Bonchev–Trinajstić information content (AvgIpc) is 3.02. The van der Waals surface area contributed by atoms with Crippen LogP contribution in [0.3, 0.4) is 0 Å². The normalized spacial score (nSPS) is 15.7. The minimum Gasteiger partial charge on any atom is -0.395 e. The summed E-state index contributed by atoms with van der Waals surface area (Å²) in [5.41, 5.74) is 3.07. The van der Waals surface area contributed by atoms with E-state index in [4.69, 9.17) is 16.7 Å². The van der Waals surface area contributed by atoms with Gasteiger partial charge in [-0.15, -0.1) is 0 Å². The van der Waals surface area contributed by atoms with Crippen LogP contribution in [0.15, 0.2) is 48.7 Å². The second-order valence-electron chi connectivity index (χ2n) is 6.57. The Labute approximate surface area is 157 Å². The van der Waals surface area contributed by atoms with Crippen LogP contribution in [0.4, 0.5) is 10.1 Å². The molecule has 1 aliphatic heterocycles. The van der Waals surface area contributed by atoms with Gasteiger partial charge in [-0.3, -0.25) is 4.90 Å². The van der Waals surface area contributed by atoms with E-state index in [1.54, 1.807) is 12.1 Å². The molecule has 0 radical (unpaired) electrons. The fraction of sp³-hybridized carbons (Fsp3) is 0.300. The van der Waals surface area contributed by atoms with E-state index in [9.17, 15) is 4.39 Å². The molecule has 2 heterocycles. The number of fused-ring (bicyclic) bond motifs is 1. The number of aromatic nitrogens is 1. The second-order valence-corrected chi connectivity index (χ2v) is 7.01. The summed E-state index contributed by atoms with van der Waals surface area (Å²) >= 11 is 6.23. The van der Waals surface area contributed by atoms with Crippen molar-refractivity contribution >= 4 is 28.2 Å². The van der Waals surface area contributed by atoms with Gasteiger partial charge in [-0.05, 0) is 42.5 Å². The molecule has 0 bridgehead atoms. The fourth-order valence-corrected chi connectivity index (χ4v) is 3.77. The molecule has 3 aromatic rings. The molecule has 136 valence electrons. The summed E-state index contributed by atoms with van der Waals surface area (Å²) in [5, 5.41) is 10.9. The SMILES string of the molecule is OCCN1CCN(c2cn(-c3ccc(F)cc3)c3cc(Cl)ccc23)CC1. The summed E-state index contributed by atoms with van der Waals surface area (Å²) in [7, 11) is 0. The van der Waals surface area contributed by atoms with Crippen molar-refractivity contribution in [3.8, 4) is 5.69 Å². The van der Waals surface area contributed by atoms with Gasteiger partial charge in [0, 0.05) is 55.0 Å². The molecular weight excluding hydrogens is 353 g/mol. The highest BCUT2D eigenvalue weighted by Gasteiger charge is 2.21. The van der Waals surface area contributed by atoms with Gasteiger partial charge in [0.05, 0.1) is 17.8 Å². The van der Waals surface area contributed by atoms with Crippen LogP contribution in [-0.4, -0.2) is 53.9 Å². The van der Waals surface area contributed by atoms with E-state index in [1.807, 2.05) is 18.2 Å². The Morgan fingerprint density at radius 3 is 2.42 bits per heavy atom. The van der Waals surface area contributed by atoms with Crippen molar-refractivity contribution in [3.63, 3.8) is 0 Å². The number of piperazine rings is 1. The van der Waals surface area contributed by atoms with Gasteiger partial charge < -0.3 is 14.6 Å². The number of anilines is 1. The number of halogens is 2. The Morgan fingerprint density at radius 2 is 1.73 bits per heavy atom. The maximum atomic E-state index is 13.3. The quantitative estimate of drug-likeness (QED) is 0.759. The van der Waals surface area contributed by atoms with Gasteiger partial charge in [-0.2, -0.15) is 0 Å². The van der Waals surface area contributed by atoms with Crippen LogP contribution in [0.2, 0.25) is 5.02 Å². The third-order valence-corrected chi connectivity index (χ3v) is 5.22. The highest BCUT2D eigenvalue weighted by atomic mass is 35.5. The van der Waals surface area contributed by atoms with Gasteiger partial charge in [0.25, 0.3) is 0 Å². The minimum absolute atomic E-state index is 0.197. The molecule has 2 aromatic carbocycles. The molecule has 26 heavy (non-hydrogen) atoms. The number of hydrogen-bond donors (Lipinski definition) is 1. The highest BCUT2D eigenvalue weighted by molar-refractivity contribution is 6.31. The zero-order valence-corrected chi connectivity index (χ0v) is 15.2. The summed E-state index contributed by atoms with van der Waals surface area (Å²) in [4.78, 5) is 4.64. The first kappa shape index (κ1) is 17.3. The van der Waals surface area contributed by atoms with Crippen molar-refractivity contribution in [3.05, 3.63) is 59.5 Å². The molecule has 1 N–H and O–H groups in total.